The molecule has 0 aliphatic rings. The van der Waals surface area contributed by atoms with Gasteiger partial charge in [0.05, 0.1) is 21.8 Å². The SMILES string of the molecule is Nc1c(S)c(C(F)(F)C(F)(F)F)c(N)c(S)c1OC(F)(F)C(F)(F)F. The molecular weight excluding hydrogens is 418 g/mol. The lowest BCUT2D eigenvalue weighted by molar-refractivity contribution is -0.361. The maximum atomic E-state index is 13.5. The summed E-state index contributed by atoms with van der Waals surface area (Å²) in [5.74, 6) is -7.31. The van der Waals surface area contributed by atoms with E-state index in [1.54, 1.807) is 0 Å². The Morgan fingerprint density at radius 3 is 1.48 bits per heavy atom. The minimum atomic E-state index is -6.25. The molecule has 0 saturated carbocycles. The Morgan fingerprint density at radius 2 is 1.12 bits per heavy atom. The number of thiol groups is 2. The van der Waals surface area contributed by atoms with Crippen LogP contribution >= 0.6 is 25.3 Å². The standard InChI is InChI=1S/C10H6F10N2OS2/c11-7(12,8(13,14)15)1-2(21)6(25)4(3(22)5(1)24)23-10(19,20)9(16,17)18/h24-25H,21-22H2. The molecule has 0 heterocycles. The first-order valence-corrected chi connectivity index (χ1v) is 6.47. The molecule has 3 nitrogen and oxygen atoms in total. The maximum Gasteiger partial charge on any atom is 0.499 e. The van der Waals surface area contributed by atoms with Crippen molar-refractivity contribution in [2.45, 2.75) is 34.2 Å². The molecular formula is C10H6F10N2OS2. The van der Waals surface area contributed by atoms with E-state index in [1.165, 1.54) is 0 Å². The van der Waals surface area contributed by atoms with Crippen molar-refractivity contribution in [2.24, 2.45) is 0 Å². The quantitative estimate of drug-likeness (QED) is 0.326. The van der Waals surface area contributed by atoms with Crippen LogP contribution in [0.4, 0.5) is 55.3 Å². The van der Waals surface area contributed by atoms with Crippen LogP contribution in [-0.4, -0.2) is 18.5 Å². The van der Waals surface area contributed by atoms with E-state index < -0.39 is 56.9 Å². The largest absolute Gasteiger partial charge is 0.499 e. The van der Waals surface area contributed by atoms with E-state index in [9.17, 15) is 43.9 Å². The first-order chi connectivity index (χ1) is 10.9. The van der Waals surface area contributed by atoms with E-state index in [2.05, 4.69) is 30.0 Å². The predicted molar refractivity (Wildman–Crippen MR) is 71.3 cm³/mol. The Bertz CT molecular complexity index is 657. The fraction of sp³-hybridized carbons (Fsp3) is 0.400. The molecule has 4 N–H and O–H groups in total. The van der Waals surface area contributed by atoms with Crippen LogP contribution in [0.2, 0.25) is 0 Å². The average Bonchev–Trinajstić information content (AvgIpc) is 2.39. The molecule has 0 atom stereocenters. The van der Waals surface area contributed by atoms with Gasteiger partial charge in [0, 0.05) is 4.90 Å². The number of benzene rings is 1. The number of halogens is 10. The highest BCUT2D eigenvalue weighted by atomic mass is 32.1. The van der Waals surface area contributed by atoms with Gasteiger partial charge in [0.15, 0.2) is 5.75 Å². The van der Waals surface area contributed by atoms with Crippen LogP contribution in [0.5, 0.6) is 5.75 Å². The minimum Gasteiger partial charge on any atom is -0.422 e. The monoisotopic (exact) mass is 424 g/mol. The molecule has 0 aliphatic carbocycles. The average molecular weight is 424 g/mol. The number of rotatable bonds is 3. The molecule has 1 aromatic rings. The summed E-state index contributed by atoms with van der Waals surface area (Å²) in [6.07, 6.45) is -18.3. The highest BCUT2D eigenvalue weighted by Gasteiger charge is 2.63. The fourth-order valence-corrected chi connectivity index (χ4v) is 2.13. The molecule has 0 amide bonds. The number of anilines is 2. The first kappa shape index (κ1) is 21.7. The summed E-state index contributed by atoms with van der Waals surface area (Å²) in [5.41, 5.74) is 4.92. The van der Waals surface area contributed by atoms with E-state index in [1.807, 2.05) is 0 Å². The Hall–Kier alpha value is -1.38. The van der Waals surface area contributed by atoms with Gasteiger partial charge in [0.1, 0.15) is 0 Å². The van der Waals surface area contributed by atoms with Gasteiger partial charge in [-0.05, 0) is 0 Å². The third kappa shape index (κ3) is 3.61. The van der Waals surface area contributed by atoms with Crippen molar-refractivity contribution in [3.8, 4) is 5.75 Å². The Labute approximate surface area is 143 Å². The second-order valence-electron chi connectivity index (χ2n) is 4.42. The third-order valence-electron chi connectivity index (χ3n) is 2.71. The number of alkyl halides is 10. The molecule has 1 rings (SSSR count). The molecule has 1 aromatic carbocycles. The van der Waals surface area contributed by atoms with Crippen molar-refractivity contribution >= 4 is 36.6 Å². The molecule has 15 heteroatoms. The Morgan fingerprint density at radius 1 is 0.680 bits per heavy atom. The number of nitrogens with two attached hydrogens (primary N) is 2. The summed E-state index contributed by atoms with van der Waals surface area (Å²) in [7, 11) is 0. The molecule has 144 valence electrons. The van der Waals surface area contributed by atoms with Gasteiger partial charge >= 0.3 is 24.4 Å². The van der Waals surface area contributed by atoms with Crippen molar-refractivity contribution in [1.82, 2.24) is 0 Å². The number of hydrogen-bond acceptors (Lipinski definition) is 5. The zero-order chi connectivity index (χ0) is 20.2. The molecule has 0 saturated heterocycles. The molecule has 0 spiro atoms. The van der Waals surface area contributed by atoms with Gasteiger partial charge in [0.25, 0.3) is 0 Å². The summed E-state index contributed by atoms with van der Waals surface area (Å²) < 4.78 is 130. The highest BCUT2D eigenvalue weighted by Crippen LogP contribution is 2.54. The van der Waals surface area contributed by atoms with Crippen LogP contribution in [0, 0.1) is 0 Å². The third-order valence-corrected chi connectivity index (χ3v) is 3.61. The van der Waals surface area contributed by atoms with Gasteiger partial charge < -0.3 is 16.2 Å². The Kier molecular flexibility index (Phi) is 5.29. The minimum absolute atomic E-state index is 1.38. The lowest BCUT2D eigenvalue weighted by Crippen LogP contribution is -2.42. The van der Waals surface area contributed by atoms with Gasteiger partial charge in [0.2, 0.25) is 0 Å². The molecule has 0 bridgehead atoms. The molecule has 0 fully saturated rings. The molecule has 0 aliphatic heterocycles. The van der Waals surface area contributed by atoms with Crippen LogP contribution < -0.4 is 16.2 Å². The van der Waals surface area contributed by atoms with Crippen molar-refractivity contribution in [3.05, 3.63) is 5.56 Å². The molecule has 0 radical (unpaired) electrons. The topological polar surface area (TPSA) is 61.3 Å². The number of ether oxygens (including phenoxy) is 1. The van der Waals surface area contributed by atoms with Crippen LogP contribution in [0.15, 0.2) is 9.79 Å². The highest BCUT2D eigenvalue weighted by molar-refractivity contribution is 7.81. The van der Waals surface area contributed by atoms with Crippen LogP contribution in [0.25, 0.3) is 0 Å². The van der Waals surface area contributed by atoms with Crippen LogP contribution in [0.3, 0.4) is 0 Å². The van der Waals surface area contributed by atoms with Gasteiger partial charge in [-0.2, -0.15) is 43.9 Å². The zero-order valence-electron chi connectivity index (χ0n) is 11.2. The molecule has 25 heavy (non-hydrogen) atoms. The summed E-state index contributed by atoms with van der Waals surface area (Å²) in [5, 5.41) is 0. The van der Waals surface area contributed by atoms with Gasteiger partial charge in [-0.3, -0.25) is 0 Å². The maximum absolute atomic E-state index is 13.5. The van der Waals surface area contributed by atoms with E-state index in [0.29, 0.717) is 0 Å². The second kappa shape index (κ2) is 6.10. The number of nitrogen functional groups attached to an aromatic ring is 2. The van der Waals surface area contributed by atoms with Gasteiger partial charge in [-0.1, -0.05) is 0 Å². The fourth-order valence-electron chi connectivity index (χ4n) is 1.49. The summed E-state index contributed by atoms with van der Waals surface area (Å²) in [6, 6.07) is 0. The lowest BCUT2D eigenvalue weighted by Gasteiger charge is -2.27. The van der Waals surface area contributed by atoms with E-state index in [4.69, 9.17) is 11.5 Å². The van der Waals surface area contributed by atoms with Crippen molar-refractivity contribution in [2.75, 3.05) is 11.5 Å². The zero-order valence-corrected chi connectivity index (χ0v) is 13.0. The molecule has 0 unspecified atom stereocenters. The van der Waals surface area contributed by atoms with E-state index in [0.717, 1.165) is 0 Å². The number of hydrogen-bond donors (Lipinski definition) is 4. The normalized spacial score (nSPS) is 13.9. The van der Waals surface area contributed by atoms with Crippen molar-refractivity contribution in [1.29, 1.82) is 0 Å². The van der Waals surface area contributed by atoms with E-state index in [-0.39, 0.29) is 0 Å². The van der Waals surface area contributed by atoms with Crippen LogP contribution in [0.1, 0.15) is 5.56 Å². The lowest BCUT2D eigenvalue weighted by atomic mass is 10.0. The summed E-state index contributed by atoms with van der Waals surface area (Å²) in [6.45, 7) is 0. The Balaban J connectivity index is 3.67. The predicted octanol–water partition coefficient (Wildman–Crippen LogP) is 4.62. The van der Waals surface area contributed by atoms with Gasteiger partial charge in [-0.25, -0.2) is 0 Å². The first-order valence-electron chi connectivity index (χ1n) is 5.57. The second-order valence-corrected chi connectivity index (χ2v) is 5.31. The van der Waals surface area contributed by atoms with E-state index >= 15 is 0 Å². The summed E-state index contributed by atoms with van der Waals surface area (Å²) >= 11 is 6.49. The van der Waals surface area contributed by atoms with Gasteiger partial charge in [-0.15, -0.1) is 25.3 Å². The summed E-state index contributed by atoms with van der Waals surface area (Å²) in [4.78, 5) is -2.87. The molecule has 0 aromatic heterocycles. The smallest absolute Gasteiger partial charge is 0.422 e. The van der Waals surface area contributed by atoms with Crippen LogP contribution in [-0.2, 0) is 5.92 Å². The van der Waals surface area contributed by atoms with Crippen molar-refractivity contribution < 1.29 is 48.6 Å². The van der Waals surface area contributed by atoms with Crippen molar-refractivity contribution in [3.63, 3.8) is 0 Å².